The summed E-state index contributed by atoms with van der Waals surface area (Å²) in [7, 11) is 0. The largest absolute Gasteiger partial charge is 0.383 e. The molecule has 174 valence electrons. The number of benzene rings is 1. The van der Waals surface area contributed by atoms with Gasteiger partial charge in [0.05, 0.1) is 10.2 Å². The summed E-state index contributed by atoms with van der Waals surface area (Å²) in [5.74, 6) is -0.275. The number of hydrogen-bond acceptors (Lipinski definition) is 7. The molecule has 1 aromatic carbocycles. The van der Waals surface area contributed by atoms with E-state index in [1.54, 1.807) is 19.1 Å². The third kappa shape index (κ3) is 6.00. The van der Waals surface area contributed by atoms with Crippen molar-refractivity contribution in [1.82, 2.24) is 9.55 Å². The molecule has 1 atom stereocenters. The molecule has 1 aromatic heterocycles. The molecule has 0 saturated carbocycles. The second-order valence-corrected chi connectivity index (χ2v) is 9.27. The number of H-pyrrole nitrogens is 1. The van der Waals surface area contributed by atoms with Crippen LogP contribution < -0.4 is 21.9 Å². The van der Waals surface area contributed by atoms with Crippen molar-refractivity contribution in [3.8, 4) is 0 Å². The molecule has 2 rings (SSSR count). The summed E-state index contributed by atoms with van der Waals surface area (Å²) in [6.07, 6.45) is 1.43. The quantitative estimate of drug-likeness (QED) is 0.313. The van der Waals surface area contributed by atoms with Gasteiger partial charge in [-0.1, -0.05) is 27.2 Å². The number of unbranched alkanes of at least 4 members (excludes halogenated alkanes) is 1. The first-order valence-corrected chi connectivity index (χ1v) is 11.3. The van der Waals surface area contributed by atoms with Crippen LogP contribution in [0.1, 0.15) is 40.5 Å². The minimum atomic E-state index is -0.704. The van der Waals surface area contributed by atoms with Crippen LogP contribution in [-0.4, -0.2) is 32.2 Å². The summed E-state index contributed by atoms with van der Waals surface area (Å²) in [4.78, 5) is 53.0. The molecule has 0 bridgehead atoms. The monoisotopic (exact) mass is 463 g/mol. The van der Waals surface area contributed by atoms with Gasteiger partial charge >= 0.3 is 5.69 Å². The first-order chi connectivity index (χ1) is 15.1. The third-order valence-corrected chi connectivity index (χ3v) is 5.84. The molecule has 2 aromatic rings. The van der Waals surface area contributed by atoms with Gasteiger partial charge in [0.15, 0.2) is 5.69 Å². The maximum Gasteiger partial charge on any atom is 0.330 e. The van der Waals surface area contributed by atoms with Gasteiger partial charge in [0.25, 0.3) is 11.2 Å². The van der Waals surface area contributed by atoms with Gasteiger partial charge < -0.3 is 10.6 Å². The van der Waals surface area contributed by atoms with Crippen molar-refractivity contribution in [2.45, 2.75) is 57.2 Å². The molecule has 0 aliphatic rings. The molecule has 32 heavy (non-hydrogen) atoms. The zero-order chi connectivity index (χ0) is 24.0. The maximum atomic E-state index is 13.4. The maximum absolute atomic E-state index is 13.4. The minimum Gasteiger partial charge on any atom is -0.383 e. The van der Waals surface area contributed by atoms with Crippen molar-refractivity contribution in [3.05, 3.63) is 55.2 Å². The van der Waals surface area contributed by atoms with E-state index in [4.69, 9.17) is 5.73 Å². The number of nitro groups is 1. The fraction of sp³-hybridized carbons (Fsp3) is 0.476. The number of aromatic nitrogens is 2. The molecule has 1 heterocycles. The summed E-state index contributed by atoms with van der Waals surface area (Å²) in [5.41, 5.74) is 4.84. The fourth-order valence-electron chi connectivity index (χ4n) is 3.15. The first-order valence-electron chi connectivity index (χ1n) is 10.4. The molecule has 0 aliphatic heterocycles. The first kappa shape index (κ1) is 25.2. The molecular formula is C21H29N5O5S. The zero-order valence-corrected chi connectivity index (χ0v) is 19.5. The van der Waals surface area contributed by atoms with Crippen molar-refractivity contribution >= 4 is 34.9 Å². The summed E-state index contributed by atoms with van der Waals surface area (Å²) < 4.78 is 1.28. The number of carbonyl (C=O) groups excluding carboxylic acids is 1. The fourth-order valence-corrected chi connectivity index (χ4v) is 4.08. The normalized spacial score (nSPS) is 12.0. The van der Waals surface area contributed by atoms with Crippen LogP contribution in [0, 0.1) is 16.0 Å². The van der Waals surface area contributed by atoms with Crippen molar-refractivity contribution in [2.24, 2.45) is 5.92 Å². The van der Waals surface area contributed by atoms with E-state index in [-0.39, 0.29) is 35.6 Å². The van der Waals surface area contributed by atoms with Gasteiger partial charge in [-0.25, -0.2) is 4.79 Å². The van der Waals surface area contributed by atoms with Crippen LogP contribution in [0.3, 0.4) is 0 Å². The van der Waals surface area contributed by atoms with Gasteiger partial charge in [0.1, 0.15) is 5.82 Å². The van der Waals surface area contributed by atoms with E-state index in [0.717, 1.165) is 6.42 Å². The Morgan fingerprint density at radius 2 is 1.88 bits per heavy atom. The van der Waals surface area contributed by atoms with Crippen molar-refractivity contribution in [3.63, 3.8) is 0 Å². The molecular weight excluding hydrogens is 434 g/mol. The lowest BCUT2D eigenvalue weighted by Gasteiger charge is -2.27. The van der Waals surface area contributed by atoms with Gasteiger partial charge in [0, 0.05) is 30.1 Å². The molecule has 3 N–H and O–H groups in total. The van der Waals surface area contributed by atoms with Crippen molar-refractivity contribution < 1.29 is 9.72 Å². The van der Waals surface area contributed by atoms with Crippen LogP contribution in [0.5, 0.6) is 0 Å². The van der Waals surface area contributed by atoms with Crippen LogP contribution in [0.2, 0.25) is 0 Å². The average Bonchev–Trinajstić information content (AvgIpc) is 2.73. The van der Waals surface area contributed by atoms with Crippen LogP contribution >= 0.6 is 11.8 Å². The summed E-state index contributed by atoms with van der Waals surface area (Å²) >= 11 is 1.22. The standard InChI is InChI=1S/C21H29N5O5S/c1-5-6-11-24(17-18(22)25(12-13(2)3)21(29)23-19(17)27)20(28)14(4)32-16-9-7-15(8-10-16)26(30)31/h7-10,13-14H,5-6,11-12,22H2,1-4H3,(H,23,27,29). The molecule has 1 unspecified atom stereocenters. The highest BCUT2D eigenvalue weighted by atomic mass is 32.2. The number of thioether (sulfide) groups is 1. The summed E-state index contributed by atoms with van der Waals surface area (Å²) in [6, 6.07) is 5.90. The topological polar surface area (TPSA) is 144 Å². The number of rotatable bonds is 10. The number of nitrogens with two attached hydrogens (primary N) is 1. The second kappa shape index (κ2) is 11.0. The van der Waals surface area contributed by atoms with E-state index in [9.17, 15) is 24.5 Å². The average molecular weight is 464 g/mol. The Balaban J connectivity index is 2.40. The lowest BCUT2D eigenvalue weighted by Crippen LogP contribution is -2.44. The smallest absolute Gasteiger partial charge is 0.330 e. The predicted octanol–water partition coefficient (Wildman–Crippen LogP) is 3.00. The molecule has 0 fully saturated rings. The van der Waals surface area contributed by atoms with E-state index in [1.165, 1.54) is 33.4 Å². The molecule has 0 radical (unpaired) electrons. The van der Waals surface area contributed by atoms with Crippen molar-refractivity contribution in [2.75, 3.05) is 17.2 Å². The number of aromatic amines is 1. The van der Waals surface area contributed by atoms with Crippen molar-refractivity contribution in [1.29, 1.82) is 0 Å². The number of nitrogens with one attached hydrogen (secondary N) is 1. The molecule has 10 nitrogen and oxygen atoms in total. The molecule has 11 heteroatoms. The number of non-ortho nitro benzene ring substituents is 1. The zero-order valence-electron chi connectivity index (χ0n) is 18.7. The third-order valence-electron chi connectivity index (χ3n) is 4.74. The Morgan fingerprint density at radius 1 is 1.25 bits per heavy atom. The SMILES string of the molecule is CCCCN(C(=O)C(C)Sc1ccc([N+](=O)[O-])cc1)c1c(N)n(CC(C)C)c(=O)[nH]c1=O. The minimum absolute atomic E-state index is 0.0279. The Morgan fingerprint density at radius 3 is 2.41 bits per heavy atom. The lowest BCUT2D eigenvalue weighted by molar-refractivity contribution is -0.384. The van der Waals surface area contributed by atoms with E-state index >= 15 is 0 Å². The van der Waals surface area contributed by atoms with E-state index in [1.807, 2.05) is 20.8 Å². The molecule has 0 aliphatic carbocycles. The Bertz CT molecular complexity index is 1080. The predicted molar refractivity (Wildman–Crippen MR) is 126 cm³/mol. The van der Waals surface area contributed by atoms with Gasteiger partial charge in [-0.05, 0) is 31.4 Å². The van der Waals surface area contributed by atoms with E-state index in [2.05, 4.69) is 4.98 Å². The number of anilines is 2. The number of carbonyl (C=O) groups is 1. The molecule has 0 spiro atoms. The number of nitro benzene ring substituents is 1. The number of nitrogens with zero attached hydrogens (tertiary/aromatic N) is 3. The van der Waals surface area contributed by atoms with Gasteiger partial charge in [-0.15, -0.1) is 11.8 Å². The van der Waals surface area contributed by atoms with Gasteiger partial charge in [-0.3, -0.25) is 29.3 Å². The van der Waals surface area contributed by atoms with Crippen LogP contribution in [0.15, 0.2) is 38.8 Å². The Kier molecular flexibility index (Phi) is 8.64. The molecule has 1 amide bonds. The summed E-state index contributed by atoms with van der Waals surface area (Å²) in [6.45, 7) is 8.07. The van der Waals surface area contributed by atoms with Gasteiger partial charge in [-0.2, -0.15) is 0 Å². The van der Waals surface area contributed by atoms with Crippen LogP contribution in [0.4, 0.5) is 17.2 Å². The second-order valence-electron chi connectivity index (χ2n) is 7.85. The Labute approximate surface area is 190 Å². The highest BCUT2D eigenvalue weighted by molar-refractivity contribution is 8.00. The van der Waals surface area contributed by atoms with Gasteiger partial charge in [0.2, 0.25) is 5.91 Å². The Hall–Kier alpha value is -3.08. The highest BCUT2D eigenvalue weighted by Crippen LogP contribution is 2.28. The highest BCUT2D eigenvalue weighted by Gasteiger charge is 2.28. The number of amides is 1. The summed E-state index contributed by atoms with van der Waals surface area (Å²) in [5, 5.41) is 10.2. The number of nitrogen functional groups attached to an aromatic ring is 1. The van der Waals surface area contributed by atoms with Crippen LogP contribution in [0.25, 0.3) is 0 Å². The van der Waals surface area contributed by atoms with E-state index in [0.29, 0.717) is 17.9 Å². The number of hydrogen-bond donors (Lipinski definition) is 2. The lowest BCUT2D eigenvalue weighted by atomic mass is 10.2. The molecule has 0 saturated heterocycles. The van der Waals surface area contributed by atoms with Crippen LogP contribution in [-0.2, 0) is 11.3 Å². The van der Waals surface area contributed by atoms with E-state index < -0.39 is 21.4 Å².